The Kier molecular flexibility index (Phi) is 6.21. The Morgan fingerprint density at radius 1 is 1.24 bits per heavy atom. The van der Waals surface area contributed by atoms with Crippen molar-refractivity contribution in [2.24, 2.45) is 5.41 Å². The number of amides is 2. The van der Waals surface area contributed by atoms with E-state index in [1.807, 2.05) is 13.8 Å². The lowest BCUT2D eigenvalue weighted by atomic mass is 9.90. The van der Waals surface area contributed by atoms with Crippen molar-refractivity contribution in [1.29, 1.82) is 0 Å². The molecule has 0 aliphatic carbocycles. The van der Waals surface area contributed by atoms with E-state index in [9.17, 15) is 9.59 Å². The van der Waals surface area contributed by atoms with Crippen molar-refractivity contribution in [2.45, 2.75) is 40.5 Å². The summed E-state index contributed by atoms with van der Waals surface area (Å²) in [5, 5.41) is 6.15. The summed E-state index contributed by atoms with van der Waals surface area (Å²) in [4.78, 5) is 24.5. The lowest BCUT2D eigenvalue weighted by Gasteiger charge is -2.23. The molecule has 0 atom stereocenters. The number of halogens is 1. The normalized spacial score (nSPS) is 11.1. The summed E-state index contributed by atoms with van der Waals surface area (Å²) in [5.74, 6) is -0.616. The van der Waals surface area contributed by atoms with Crippen LogP contribution in [0.5, 0.6) is 0 Å². The van der Waals surface area contributed by atoms with E-state index in [1.54, 1.807) is 32.0 Å². The number of unbranched alkanes of at least 4 members (excludes halogenated alkanes) is 1. The van der Waals surface area contributed by atoms with Gasteiger partial charge < -0.3 is 10.6 Å². The topological polar surface area (TPSA) is 58.2 Å². The standard InChI is InChI=1S/C16H23ClN2O2/c1-5-6-10-18-14(20)16(3,4)15(21)19-13-9-7-8-12(17)11(13)2/h7-9H,5-6,10H2,1-4H3,(H,18,20)(H,19,21). The molecule has 21 heavy (non-hydrogen) atoms. The first-order valence-electron chi connectivity index (χ1n) is 7.15. The molecular formula is C16H23ClN2O2. The van der Waals surface area contributed by atoms with Gasteiger partial charge in [0.1, 0.15) is 5.41 Å². The molecule has 1 aromatic carbocycles. The van der Waals surface area contributed by atoms with Crippen LogP contribution in [-0.2, 0) is 9.59 Å². The third-order valence-corrected chi connectivity index (χ3v) is 3.88. The smallest absolute Gasteiger partial charge is 0.239 e. The van der Waals surface area contributed by atoms with Gasteiger partial charge in [-0.25, -0.2) is 0 Å². The second kappa shape index (κ2) is 7.46. The zero-order chi connectivity index (χ0) is 16.0. The maximum absolute atomic E-state index is 12.4. The Hall–Kier alpha value is -1.55. The fraction of sp³-hybridized carbons (Fsp3) is 0.500. The van der Waals surface area contributed by atoms with Crippen LogP contribution in [0.25, 0.3) is 0 Å². The highest BCUT2D eigenvalue weighted by molar-refractivity contribution is 6.31. The number of benzene rings is 1. The van der Waals surface area contributed by atoms with Crippen molar-refractivity contribution >= 4 is 29.1 Å². The van der Waals surface area contributed by atoms with Gasteiger partial charge >= 0.3 is 0 Å². The molecule has 5 heteroatoms. The van der Waals surface area contributed by atoms with Crippen LogP contribution in [0.2, 0.25) is 5.02 Å². The van der Waals surface area contributed by atoms with Crippen LogP contribution in [0.15, 0.2) is 18.2 Å². The number of carbonyl (C=O) groups excluding carboxylic acids is 2. The molecule has 0 fully saturated rings. The van der Waals surface area contributed by atoms with E-state index in [1.165, 1.54) is 0 Å². The fourth-order valence-electron chi connectivity index (χ4n) is 1.72. The number of nitrogens with one attached hydrogen (secondary N) is 2. The monoisotopic (exact) mass is 310 g/mol. The molecule has 0 unspecified atom stereocenters. The first-order chi connectivity index (χ1) is 9.80. The third kappa shape index (κ3) is 4.46. The summed E-state index contributed by atoms with van der Waals surface area (Å²) in [6, 6.07) is 5.29. The second-order valence-corrected chi connectivity index (χ2v) is 6.01. The first-order valence-corrected chi connectivity index (χ1v) is 7.53. The Morgan fingerprint density at radius 3 is 2.52 bits per heavy atom. The predicted octanol–water partition coefficient (Wildman–Crippen LogP) is 3.53. The third-order valence-electron chi connectivity index (χ3n) is 3.47. The largest absolute Gasteiger partial charge is 0.355 e. The molecule has 2 amide bonds. The summed E-state index contributed by atoms with van der Waals surface area (Å²) in [5.41, 5.74) is 0.277. The van der Waals surface area contributed by atoms with E-state index < -0.39 is 5.41 Å². The van der Waals surface area contributed by atoms with Crippen LogP contribution in [0.1, 0.15) is 39.2 Å². The maximum atomic E-state index is 12.4. The molecule has 0 bridgehead atoms. The van der Waals surface area contributed by atoms with Crippen LogP contribution in [0.4, 0.5) is 5.69 Å². The van der Waals surface area contributed by atoms with E-state index >= 15 is 0 Å². The first kappa shape index (κ1) is 17.5. The SMILES string of the molecule is CCCCNC(=O)C(C)(C)C(=O)Nc1cccc(Cl)c1C. The average Bonchev–Trinajstić information content (AvgIpc) is 2.43. The van der Waals surface area contributed by atoms with Crippen LogP contribution in [0, 0.1) is 12.3 Å². The summed E-state index contributed by atoms with van der Waals surface area (Å²) in [7, 11) is 0. The van der Waals surface area contributed by atoms with Crippen molar-refractivity contribution in [3.05, 3.63) is 28.8 Å². The van der Waals surface area contributed by atoms with E-state index in [0.29, 0.717) is 17.3 Å². The molecule has 0 spiro atoms. The quantitative estimate of drug-likeness (QED) is 0.624. The zero-order valence-electron chi connectivity index (χ0n) is 13.0. The highest BCUT2D eigenvalue weighted by atomic mass is 35.5. The van der Waals surface area contributed by atoms with Gasteiger partial charge in [-0.15, -0.1) is 0 Å². The van der Waals surface area contributed by atoms with Crippen LogP contribution >= 0.6 is 11.6 Å². The minimum absolute atomic E-state index is 0.270. The van der Waals surface area contributed by atoms with E-state index in [2.05, 4.69) is 10.6 Å². The highest BCUT2D eigenvalue weighted by Gasteiger charge is 2.36. The van der Waals surface area contributed by atoms with Gasteiger partial charge in [-0.2, -0.15) is 0 Å². The summed E-state index contributed by atoms with van der Waals surface area (Å²) < 4.78 is 0. The minimum atomic E-state index is -1.14. The molecular weight excluding hydrogens is 288 g/mol. The van der Waals surface area contributed by atoms with E-state index in [4.69, 9.17) is 11.6 Å². The van der Waals surface area contributed by atoms with Gasteiger partial charge in [0.25, 0.3) is 0 Å². The number of carbonyl (C=O) groups is 2. The maximum Gasteiger partial charge on any atom is 0.239 e. The van der Waals surface area contributed by atoms with Gasteiger partial charge in [-0.05, 0) is 44.9 Å². The Labute approximate surface area is 131 Å². The average molecular weight is 311 g/mol. The van der Waals surface area contributed by atoms with E-state index in [-0.39, 0.29) is 11.8 Å². The Bertz CT molecular complexity index is 527. The molecule has 1 rings (SSSR count). The number of anilines is 1. The number of rotatable bonds is 6. The van der Waals surface area contributed by atoms with Crippen LogP contribution < -0.4 is 10.6 Å². The molecule has 0 aliphatic heterocycles. The Balaban J connectivity index is 2.77. The molecule has 2 N–H and O–H groups in total. The minimum Gasteiger partial charge on any atom is -0.355 e. The molecule has 0 saturated heterocycles. The molecule has 116 valence electrons. The van der Waals surface area contributed by atoms with Crippen molar-refractivity contribution in [1.82, 2.24) is 5.32 Å². The summed E-state index contributed by atoms with van der Waals surface area (Å²) in [6.45, 7) is 7.69. The van der Waals surface area contributed by atoms with Gasteiger partial charge in [-0.1, -0.05) is 31.0 Å². The molecule has 0 saturated carbocycles. The highest BCUT2D eigenvalue weighted by Crippen LogP contribution is 2.25. The van der Waals surface area contributed by atoms with E-state index in [0.717, 1.165) is 18.4 Å². The summed E-state index contributed by atoms with van der Waals surface area (Å²) >= 11 is 6.03. The summed E-state index contributed by atoms with van der Waals surface area (Å²) in [6.07, 6.45) is 1.89. The molecule has 4 nitrogen and oxygen atoms in total. The van der Waals surface area contributed by atoms with Crippen LogP contribution in [-0.4, -0.2) is 18.4 Å². The van der Waals surface area contributed by atoms with Gasteiger partial charge in [0.05, 0.1) is 0 Å². The lowest BCUT2D eigenvalue weighted by Crippen LogP contribution is -2.45. The molecule has 0 radical (unpaired) electrons. The Morgan fingerprint density at radius 2 is 1.90 bits per heavy atom. The van der Waals surface area contributed by atoms with Gasteiger partial charge in [0.15, 0.2) is 0 Å². The molecule has 0 aliphatic rings. The van der Waals surface area contributed by atoms with Gasteiger partial charge in [0, 0.05) is 17.3 Å². The van der Waals surface area contributed by atoms with Crippen molar-refractivity contribution in [2.75, 3.05) is 11.9 Å². The van der Waals surface area contributed by atoms with Gasteiger partial charge in [-0.3, -0.25) is 9.59 Å². The van der Waals surface area contributed by atoms with Crippen LogP contribution in [0.3, 0.4) is 0 Å². The zero-order valence-corrected chi connectivity index (χ0v) is 13.8. The molecule has 0 aromatic heterocycles. The molecule has 0 heterocycles. The fourth-order valence-corrected chi connectivity index (χ4v) is 1.90. The van der Waals surface area contributed by atoms with Crippen molar-refractivity contribution in [3.8, 4) is 0 Å². The second-order valence-electron chi connectivity index (χ2n) is 5.60. The molecule has 1 aromatic rings. The van der Waals surface area contributed by atoms with Crippen molar-refractivity contribution < 1.29 is 9.59 Å². The van der Waals surface area contributed by atoms with Crippen molar-refractivity contribution in [3.63, 3.8) is 0 Å². The van der Waals surface area contributed by atoms with Gasteiger partial charge in [0.2, 0.25) is 11.8 Å². The number of hydrogen-bond acceptors (Lipinski definition) is 2. The predicted molar refractivity (Wildman–Crippen MR) is 86.5 cm³/mol. The lowest BCUT2D eigenvalue weighted by molar-refractivity contribution is -0.138. The number of hydrogen-bond donors (Lipinski definition) is 2.